The van der Waals surface area contributed by atoms with Crippen LogP contribution in [0.25, 0.3) is 0 Å². The molecule has 2 unspecified atom stereocenters. The second kappa shape index (κ2) is 12.9. The fourth-order valence-electron chi connectivity index (χ4n) is 7.30. The van der Waals surface area contributed by atoms with E-state index in [9.17, 15) is 9.59 Å². The first-order valence-corrected chi connectivity index (χ1v) is 17.1. The van der Waals surface area contributed by atoms with Crippen molar-refractivity contribution >= 4 is 46.5 Å². The lowest BCUT2D eigenvalue weighted by atomic mass is 9.82. The van der Waals surface area contributed by atoms with Gasteiger partial charge in [-0.25, -0.2) is 0 Å². The molecule has 3 saturated heterocycles. The lowest BCUT2D eigenvalue weighted by Crippen LogP contribution is -2.61. The Morgan fingerprint density at radius 2 is 0.812 bits per heavy atom. The van der Waals surface area contributed by atoms with Gasteiger partial charge in [0.25, 0.3) is 11.8 Å². The average molecular weight is 675 g/mol. The number of carbonyl (C=O) groups is 2. The Bertz CT molecular complexity index is 1610. The number of rotatable bonds is 8. The molecule has 0 saturated carbocycles. The Morgan fingerprint density at radius 1 is 0.542 bits per heavy atom. The Morgan fingerprint density at radius 3 is 1.08 bits per heavy atom. The van der Waals surface area contributed by atoms with E-state index in [1.54, 1.807) is 9.80 Å². The minimum Gasteiger partial charge on any atom is -0.341 e. The summed E-state index contributed by atoms with van der Waals surface area (Å²) in [5.74, 6) is -0.186. The van der Waals surface area contributed by atoms with Crippen molar-refractivity contribution in [1.82, 2.24) is 30.2 Å². The van der Waals surface area contributed by atoms with Crippen LogP contribution < -0.4 is 10.6 Å². The van der Waals surface area contributed by atoms with E-state index in [4.69, 9.17) is 24.4 Å². The van der Waals surface area contributed by atoms with E-state index in [1.165, 1.54) is 0 Å². The van der Waals surface area contributed by atoms with Crippen LogP contribution in [0.5, 0.6) is 0 Å². The molecule has 0 radical (unpaired) electrons. The number of piperazine rings is 1. The number of hydrogen-bond acceptors (Lipinski definition) is 6. The summed E-state index contributed by atoms with van der Waals surface area (Å²) in [6, 6.07) is 39.2. The number of thiocarbonyl (C=S) groups is 2. The van der Waals surface area contributed by atoms with E-state index in [2.05, 4.69) is 34.3 Å². The number of benzene rings is 4. The van der Waals surface area contributed by atoms with Crippen molar-refractivity contribution in [3.63, 3.8) is 0 Å². The third kappa shape index (κ3) is 5.29. The molecule has 3 aliphatic heterocycles. The smallest absolute Gasteiger partial charge is 0.264 e. The monoisotopic (exact) mass is 674 g/mol. The predicted molar refractivity (Wildman–Crippen MR) is 195 cm³/mol. The molecule has 10 heteroatoms. The normalized spacial score (nSPS) is 22.5. The zero-order valence-corrected chi connectivity index (χ0v) is 28.6. The lowest BCUT2D eigenvalue weighted by Gasteiger charge is -2.45. The maximum absolute atomic E-state index is 14.4. The van der Waals surface area contributed by atoms with Crippen molar-refractivity contribution in [2.45, 2.75) is 37.0 Å². The highest BCUT2D eigenvalue weighted by Crippen LogP contribution is 2.38. The molecule has 0 bridgehead atoms. The number of amides is 2. The van der Waals surface area contributed by atoms with Crippen LogP contribution in [-0.2, 0) is 20.7 Å². The summed E-state index contributed by atoms with van der Waals surface area (Å²) in [6.45, 7) is 6.39. The minimum atomic E-state index is -1.10. The second-order valence-corrected chi connectivity index (χ2v) is 13.6. The fourth-order valence-corrected chi connectivity index (χ4v) is 7.89. The van der Waals surface area contributed by atoms with Gasteiger partial charge in [0.05, 0.1) is 13.3 Å². The first kappa shape index (κ1) is 32.1. The number of nitrogens with one attached hydrogen (secondary N) is 2. The average Bonchev–Trinajstić information content (AvgIpc) is 3.53. The molecule has 0 aliphatic carbocycles. The molecule has 244 valence electrons. The zero-order valence-electron chi connectivity index (χ0n) is 27.0. The van der Waals surface area contributed by atoms with Crippen LogP contribution in [0.3, 0.4) is 0 Å². The summed E-state index contributed by atoms with van der Waals surface area (Å²) in [5.41, 5.74) is 1.19. The number of carbonyl (C=O) groups excluding carboxylic acids is 2. The van der Waals surface area contributed by atoms with E-state index in [-0.39, 0.29) is 23.9 Å². The van der Waals surface area contributed by atoms with Gasteiger partial charge in [0, 0.05) is 25.2 Å². The van der Waals surface area contributed by atoms with Crippen molar-refractivity contribution in [1.29, 1.82) is 0 Å². The summed E-state index contributed by atoms with van der Waals surface area (Å²) < 4.78 is 0. The molecule has 7 rings (SSSR count). The molecular formula is C38H38N6O2S2. The van der Waals surface area contributed by atoms with Crippen LogP contribution in [0, 0.1) is 0 Å². The largest absolute Gasteiger partial charge is 0.341 e. The SMILES string of the molecule is CC1CN(CN2C(=O)C(c3ccccc3)(c3ccccc3)NC2=S)C(C)CN1CN1C(=O)C(c2ccccc2)(c2ccccc2)NC1=S. The summed E-state index contributed by atoms with van der Waals surface area (Å²) in [4.78, 5) is 36.9. The molecule has 2 amide bonds. The van der Waals surface area contributed by atoms with Gasteiger partial charge >= 0.3 is 0 Å². The van der Waals surface area contributed by atoms with E-state index in [0.29, 0.717) is 36.7 Å². The van der Waals surface area contributed by atoms with Crippen molar-refractivity contribution in [3.8, 4) is 0 Å². The van der Waals surface area contributed by atoms with Gasteiger partial charge < -0.3 is 10.6 Å². The van der Waals surface area contributed by atoms with Crippen LogP contribution in [0.1, 0.15) is 36.1 Å². The van der Waals surface area contributed by atoms with E-state index in [0.717, 1.165) is 22.3 Å². The highest BCUT2D eigenvalue weighted by molar-refractivity contribution is 7.80. The Hall–Kier alpha value is -4.48. The molecule has 48 heavy (non-hydrogen) atoms. The van der Waals surface area contributed by atoms with Gasteiger partial charge in [0.2, 0.25) is 0 Å². The number of hydrogen-bond donors (Lipinski definition) is 2. The number of nitrogens with zero attached hydrogens (tertiary/aromatic N) is 4. The van der Waals surface area contributed by atoms with Gasteiger partial charge in [0.15, 0.2) is 21.3 Å². The highest BCUT2D eigenvalue weighted by atomic mass is 32.1. The van der Waals surface area contributed by atoms with Crippen LogP contribution in [0.2, 0.25) is 0 Å². The van der Waals surface area contributed by atoms with Gasteiger partial charge in [0.1, 0.15) is 0 Å². The third-order valence-electron chi connectivity index (χ3n) is 9.93. The Labute approximate surface area is 292 Å². The first-order valence-electron chi connectivity index (χ1n) is 16.2. The van der Waals surface area contributed by atoms with E-state index >= 15 is 0 Å². The van der Waals surface area contributed by atoms with Crippen molar-refractivity contribution in [2.24, 2.45) is 0 Å². The van der Waals surface area contributed by atoms with Gasteiger partial charge in [-0.05, 0) is 60.5 Å². The van der Waals surface area contributed by atoms with Gasteiger partial charge in [-0.3, -0.25) is 29.2 Å². The molecule has 2 atom stereocenters. The highest BCUT2D eigenvalue weighted by Gasteiger charge is 2.54. The predicted octanol–water partition coefficient (Wildman–Crippen LogP) is 4.62. The summed E-state index contributed by atoms with van der Waals surface area (Å²) in [7, 11) is 0. The Balaban J connectivity index is 1.09. The molecule has 3 heterocycles. The third-order valence-corrected chi connectivity index (χ3v) is 10.6. The summed E-state index contributed by atoms with van der Waals surface area (Å²) in [6.07, 6.45) is 0. The minimum absolute atomic E-state index is 0.0764. The van der Waals surface area contributed by atoms with Crippen LogP contribution in [0.15, 0.2) is 121 Å². The molecule has 0 aromatic heterocycles. The zero-order chi connectivity index (χ0) is 33.5. The van der Waals surface area contributed by atoms with E-state index in [1.807, 2.05) is 121 Å². The van der Waals surface area contributed by atoms with Crippen LogP contribution in [-0.4, -0.2) is 80.1 Å². The molecule has 4 aromatic rings. The molecule has 8 nitrogen and oxygen atoms in total. The van der Waals surface area contributed by atoms with Gasteiger partial charge in [-0.2, -0.15) is 0 Å². The van der Waals surface area contributed by atoms with Crippen molar-refractivity contribution < 1.29 is 9.59 Å². The summed E-state index contributed by atoms with van der Waals surface area (Å²) >= 11 is 11.7. The molecule has 3 aliphatic rings. The quantitative estimate of drug-likeness (QED) is 0.263. The van der Waals surface area contributed by atoms with E-state index < -0.39 is 11.1 Å². The molecular weight excluding hydrogens is 637 g/mol. The van der Waals surface area contributed by atoms with Crippen LogP contribution in [0.4, 0.5) is 0 Å². The first-order chi connectivity index (χ1) is 23.3. The molecule has 0 spiro atoms. The maximum Gasteiger partial charge on any atom is 0.264 e. The maximum atomic E-state index is 14.4. The molecule has 3 fully saturated rings. The van der Waals surface area contributed by atoms with Gasteiger partial charge in [-0.15, -0.1) is 0 Å². The molecule has 4 aromatic carbocycles. The lowest BCUT2D eigenvalue weighted by molar-refractivity contribution is -0.134. The fraction of sp³-hybridized carbons (Fsp3) is 0.263. The van der Waals surface area contributed by atoms with Gasteiger partial charge in [-0.1, -0.05) is 121 Å². The Kier molecular flexibility index (Phi) is 8.59. The van der Waals surface area contributed by atoms with Crippen LogP contribution >= 0.6 is 24.4 Å². The van der Waals surface area contributed by atoms with Crippen molar-refractivity contribution in [3.05, 3.63) is 144 Å². The standard InChI is InChI=1S/C38H38N6O2S2/c1-27-23-42(26-44-34(46)38(40-36(44)48,31-19-11-5-12-20-31)32-21-13-6-14-22-32)28(2)24-41(27)25-43-33(45)37(39-35(43)47,29-15-7-3-8-16-29)30-17-9-4-10-18-30/h3-22,27-28H,23-26H2,1-2H3,(H,39,47)(H,40,48). The van der Waals surface area contributed by atoms with Crippen molar-refractivity contribution in [2.75, 3.05) is 26.4 Å². The topological polar surface area (TPSA) is 71.2 Å². The summed E-state index contributed by atoms with van der Waals surface area (Å²) in [5, 5.41) is 7.66. The molecule has 2 N–H and O–H groups in total. The second-order valence-electron chi connectivity index (χ2n) is 12.8.